The zero-order valence-corrected chi connectivity index (χ0v) is 9.47. The van der Waals surface area contributed by atoms with Crippen molar-refractivity contribution in [1.29, 1.82) is 0 Å². The minimum atomic E-state index is -0.0970. The Balaban J connectivity index is 2.03. The van der Waals surface area contributed by atoms with Crippen molar-refractivity contribution < 1.29 is 4.63 Å². The van der Waals surface area contributed by atoms with Gasteiger partial charge in [-0.1, -0.05) is 40.6 Å². The zero-order chi connectivity index (χ0) is 11.4. The predicted octanol–water partition coefficient (Wildman–Crippen LogP) is 2.09. The maximum absolute atomic E-state index is 4.55. The Bertz CT molecular complexity index is 423. The lowest BCUT2D eigenvalue weighted by molar-refractivity contribution is 0.299. The van der Waals surface area contributed by atoms with Gasteiger partial charge in [0.1, 0.15) is 5.69 Å². The lowest BCUT2D eigenvalue weighted by Crippen LogP contribution is -2.35. The highest BCUT2D eigenvalue weighted by molar-refractivity contribution is 5.22. The van der Waals surface area contributed by atoms with Crippen LogP contribution in [-0.4, -0.2) is 10.3 Å². The van der Waals surface area contributed by atoms with E-state index in [2.05, 4.69) is 46.2 Å². The van der Waals surface area contributed by atoms with Crippen molar-refractivity contribution >= 4 is 0 Å². The van der Waals surface area contributed by atoms with Crippen LogP contribution in [0, 0.1) is 0 Å². The Morgan fingerprint density at radius 1 is 1.25 bits per heavy atom. The van der Waals surface area contributed by atoms with Gasteiger partial charge in [-0.3, -0.25) is 0 Å². The topological polar surface area (TPSA) is 51.0 Å². The van der Waals surface area contributed by atoms with Gasteiger partial charge in [-0.25, -0.2) is 4.63 Å². The summed E-state index contributed by atoms with van der Waals surface area (Å²) < 4.78 is 4.55. The van der Waals surface area contributed by atoms with E-state index in [0.29, 0.717) is 6.54 Å². The van der Waals surface area contributed by atoms with Gasteiger partial charge in [0.05, 0.1) is 6.20 Å². The van der Waals surface area contributed by atoms with E-state index < -0.39 is 0 Å². The Kier molecular flexibility index (Phi) is 3.01. The molecular weight excluding hydrogens is 202 g/mol. The molecule has 1 aromatic heterocycles. The van der Waals surface area contributed by atoms with E-state index >= 15 is 0 Å². The molecule has 0 atom stereocenters. The Morgan fingerprint density at radius 3 is 2.62 bits per heavy atom. The monoisotopic (exact) mass is 217 g/mol. The molecule has 0 amide bonds. The molecule has 1 N–H and O–H groups in total. The fourth-order valence-corrected chi connectivity index (χ4v) is 1.53. The molecule has 4 heteroatoms. The second-order valence-corrected chi connectivity index (χ2v) is 4.24. The second-order valence-electron chi connectivity index (χ2n) is 4.24. The van der Waals surface area contributed by atoms with Gasteiger partial charge in [0, 0.05) is 12.1 Å². The van der Waals surface area contributed by atoms with Gasteiger partial charge in [-0.05, 0) is 19.4 Å². The van der Waals surface area contributed by atoms with Crippen LogP contribution in [0.3, 0.4) is 0 Å². The highest BCUT2D eigenvalue weighted by Crippen LogP contribution is 2.19. The lowest BCUT2D eigenvalue weighted by atomic mass is 9.94. The first-order valence-corrected chi connectivity index (χ1v) is 5.25. The van der Waals surface area contributed by atoms with Crippen molar-refractivity contribution in [2.45, 2.75) is 25.9 Å². The molecule has 2 aromatic rings. The van der Waals surface area contributed by atoms with E-state index in [1.807, 2.05) is 18.2 Å². The van der Waals surface area contributed by atoms with Gasteiger partial charge in [0.2, 0.25) is 0 Å². The standard InChI is InChI=1S/C12H15N3O/c1-12(2,10-6-4-3-5-7-10)13-8-11-9-14-16-15-11/h3-7,9,13H,8H2,1-2H3. The molecule has 0 unspecified atom stereocenters. The maximum atomic E-state index is 4.55. The summed E-state index contributed by atoms with van der Waals surface area (Å²) in [7, 11) is 0. The first-order chi connectivity index (χ1) is 7.68. The number of benzene rings is 1. The minimum Gasteiger partial charge on any atom is -0.302 e. The van der Waals surface area contributed by atoms with E-state index in [1.54, 1.807) is 6.20 Å². The van der Waals surface area contributed by atoms with E-state index in [-0.39, 0.29) is 5.54 Å². The molecule has 0 aliphatic rings. The SMILES string of the molecule is CC(C)(NCc1cnon1)c1ccccc1. The fourth-order valence-electron chi connectivity index (χ4n) is 1.53. The van der Waals surface area contributed by atoms with Crippen LogP contribution >= 0.6 is 0 Å². The van der Waals surface area contributed by atoms with Gasteiger partial charge in [-0.15, -0.1) is 0 Å². The molecule has 4 nitrogen and oxygen atoms in total. The summed E-state index contributed by atoms with van der Waals surface area (Å²) in [6, 6.07) is 10.3. The van der Waals surface area contributed by atoms with Crippen LogP contribution in [0.5, 0.6) is 0 Å². The summed E-state index contributed by atoms with van der Waals surface area (Å²) in [5, 5.41) is 10.7. The van der Waals surface area contributed by atoms with Crippen molar-refractivity contribution in [3.8, 4) is 0 Å². The summed E-state index contributed by atoms with van der Waals surface area (Å²) in [6.45, 7) is 4.91. The van der Waals surface area contributed by atoms with Crippen LogP contribution in [0.2, 0.25) is 0 Å². The molecule has 2 rings (SSSR count). The number of nitrogens with zero attached hydrogens (tertiary/aromatic N) is 2. The smallest absolute Gasteiger partial charge is 0.118 e. The molecule has 0 aliphatic heterocycles. The molecule has 0 saturated carbocycles. The number of nitrogens with one attached hydrogen (secondary N) is 1. The molecule has 0 aliphatic carbocycles. The molecule has 16 heavy (non-hydrogen) atoms. The van der Waals surface area contributed by atoms with Crippen LogP contribution in [0.25, 0.3) is 0 Å². The van der Waals surface area contributed by atoms with E-state index in [9.17, 15) is 0 Å². The normalized spacial score (nSPS) is 11.6. The number of aromatic nitrogens is 2. The second kappa shape index (κ2) is 4.45. The van der Waals surface area contributed by atoms with Crippen LogP contribution in [0.1, 0.15) is 25.1 Å². The quantitative estimate of drug-likeness (QED) is 0.852. The van der Waals surface area contributed by atoms with Gasteiger partial charge in [-0.2, -0.15) is 0 Å². The molecule has 0 fully saturated rings. The van der Waals surface area contributed by atoms with Gasteiger partial charge in [0.25, 0.3) is 0 Å². The summed E-state index contributed by atoms with van der Waals surface area (Å²) in [5.41, 5.74) is 1.95. The molecule has 0 spiro atoms. The molecular formula is C12H15N3O. The molecule has 0 bridgehead atoms. The summed E-state index contributed by atoms with van der Waals surface area (Å²) in [6.07, 6.45) is 1.62. The zero-order valence-electron chi connectivity index (χ0n) is 9.47. The lowest BCUT2D eigenvalue weighted by Gasteiger charge is -2.26. The van der Waals surface area contributed by atoms with Crippen LogP contribution < -0.4 is 5.32 Å². The van der Waals surface area contributed by atoms with E-state index in [0.717, 1.165) is 5.69 Å². The third-order valence-corrected chi connectivity index (χ3v) is 2.61. The highest BCUT2D eigenvalue weighted by Gasteiger charge is 2.19. The number of hydrogen-bond donors (Lipinski definition) is 1. The summed E-state index contributed by atoms with van der Waals surface area (Å²) in [5.74, 6) is 0. The van der Waals surface area contributed by atoms with Gasteiger partial charge < -0.3 is 5.32 Å². The first kappa shape index (κ1) is 10.8. The van der Waals surface area contributed by atoms with Gasteiger partial charge in [0.15, 0.2) is 0 Å². The number of hydrogen-bond acceptors (Lipinski definition) is 4. The average Bonchev–Trinajstić information content (AvgIpc) is 2.81. The van der Waals surface area contributed by atoms with Gasteiger partial charge >= 0.3 is 0 Å². The first-order valence-electron chi connectivity index (χ1n) is 5.25. The van der Waals surface area contributed by atoms with Crippen LogP contribution in [-0.2, 0) is 12.1 Å². The molecule has 0 saturated heterocycles. The molecule has 84 valence electrons. The van der Waals surface area contributed by atoms with Crippen molar-refractivity contribution in [1.82, 2.24) is 15.6 Å². The fraction of sp³-hybridized carbons (Fsp3) is 0.333. The van der Waals surface area contributed by atoms with E-state index in [1.165, 1.54) is 5.56 Å². The summed E-state index contributed by atoms with van der Waals surface area (Å²) >= 11 is 0. The van der Waals surface area contributed by atoms with Crippen molar-refractivity contribution in [3.05, 3.63) is 47.8 Å². The third kappa shape index (κ3) is 2.46. The van der Waals surface area contributed by atoms with Crippen molar-refractivity contribution in [2.75, 3.05) is 0 Å². The van der Waals surface area contributed by atoms with Crippen molar-refractivity contribution in [2.24, 2.45) is 0 Å². The van der Waals surface area contributed by atoms with E-state index in [4.69, 9.17) is 0 Å². The largest absolute Gasteiger partial charge is 0.302 e. The molecule has 1 heterocycles. The minimum absolute atomic E-state index is 0.0970. The predicted molar refractivity (Wildman–Crippen MR) is 60.6 cm³/mol. The van der Waals surface area contributed by atoms with Crippen LogP contribution in [0.15, 0.2) is 41.2 Å². The number of rotatable bonds is 4. The maximum Gasteiger partial charge on any atom is 0.118 e. The Morgan fingerprint density at radius 2 is 2.00 bits per heavy atom. The summed E-state index contributed by atoms with van der Waals surface area (Å²) in [4.78, 5) is 0. The van der Waals surface area contributed by atoms with Crippen LogP contribution in [0.4, 0.5) is 0 Å². The third-order valence-electron chi connectivity index (χ3n) is 2.61. The Hall–Kier alpha value is -1.68. The highest BCUT2D eigenvalue weighted by atomic mass is 16.6. The molecule has 0 radical (unpaired) electrons. The van der Waals surface area contributed by atoms with Crippen molar-refractivity contribution in [3.63, 3.8) is 0 Å². The molecule has 1 aromatic carbocycles. The average molecular weight is 217 g/mol. The Labute approximate surface area is 94.6 Å².